The second kappa shape index (κ2) is 9.88. The zero-order chi connectivity index (χ0) is 23.2. The number of hydrogen-bond acceptors (Lipinski definition) is 5. The van der Waals surface area contributed by atoms with Gasteiger partial charge in [0, 0.05) is 16.5 Å². The minimum Gasteiger partial charge on any atom is -0.497 e. The lowest BCUT2D eigenvalue weighted by atomic mass is 10.0. The predicted molar refractivity (Wildman–Crippen MR) is 131 cm³/mol. The molecule has 0 fully saturated rings. The summed E-state index contributed by atoms with van der Waals surface area (Å²) in [5.41, 5.74) is 8.11. The molecule has 4 aromatic rings. The van der Waals surface area contributed by atoms with E-state index in [1.165, 1.54) is 0 Å². The largest absolute Gasteiger partial charge is 0.497 e. The van der Waals surface area contributed by atoms with Gasteiger partial charge >= 0.3 is 0 Å². The number of pyridine rings is 1. The minimum absolute atomic E-state index is 0.0379. The number of methoxy groups -OCH3 is 1. The van der Waals surface area contributed by atoms with Crippen LogP contribution in [0, 0.1) is 0 Å². The van der Waals surface area contributed by atoms with Crippen LogP contribution >= 0.6 is 12.2 Å². The lowest BCUT2D eigenvalue weighted by Crippen LogP contribution is -2.48. The van der Waals surface area contributed by atoms with Gasteiger partial charge in [0.15, 0.2) is 5.11 Å². The average molecular weight is 457 g/mol. The van der Waals surface area contributed by atoms with Gasteiger partial charge in [-0.25, -0.2) is 4.98 Å². The molecule has 3 aromatic carbocycles. The molecule has 0 saturated carbocycles. The number of carbonyl (C=O) groups excluding carboxylic acids is 2. The molecule has 2 amide bonds. The summed E-state index contributed by atoms with van der Waals surface area (Å²) in [4.78, 5) is 30.0. The Morgan fingerprint density at radius 1 is 0.848 bits per heavy atom. The van der Waals surface area contributed by atoms with Gasteiger partial charge in [0.05, 0.1) is 23.9 Å². The Morgan fingerprint density at radius 3 is 2.27 bits per heavy atom. The van der Waals surface area contributed by atoms with E-state index in [0.717, 1.165) is 5.56 Å². The summed E-state index contributed by atoms with van der Waals surface area (Å²) >= 11 is 5.19. The molecule has 1 aromatic heterocycles. The van der Waals surface area contributed by atoms with E-state index in [0.29, 0.717) is 33.5 Å². The molecule has 0 spiro atoms. The molecule has 3 N–H and O–H groups in total. The van der Waals surface area contributed by atoms with Gasteiger partial charge in [-0.05, 0) is 48.6 Å². The van der Waals surface area contributed by atoms with E-state index >= 15 is 0 Å². The van der Waals surface area contributed by atoms with Gasteiger partial charge in [0.25, 0.3) is 11.8 Å². The van der Waals surface area contributed by atoms with Crippen molar-refractivity contribution in [3.8, 4) is 17.0 Å². The maximum Gasteiger partial charge on any atom is 0.269 e. The van der Waals surface area contributed by atoms with E-state index in [4.69, 9.17) is 17.0 Å². The number of fused-ring (bicyclic) bond motifs is 1. The predicted octanol–water partition coefficient (Wildman–Crippen LogP) is 3.86. The SMILES string of the molecule is COc1ccc(C(=O)NNC(=S)NC(=O)c2cc(-c3ccccc3)nc3ccccc23)cc1. The summed E-state index contributed by atoms with van der Waals surface area (Å²) in [6.45, 7) is 0. The van der Waals surface area contributed by atoms with Crippen molar-refractivity contribution in [3.63, 3.8) is 0 Å². The first-order valence-electron chi connectivity index (χ1n) is 10.1. The molecule has 0 saturated heterocycles. The Morgan fingerprint density at radius 2 is 1.55 bits per heavy atom. The van der Waals surface area contributed by atoms with Crippen molar-refractivity contribution in [2.75, 3.05) is 7.11 Å². The van der Waals surface area contributed by atoms with Crippen LogP contribution in [-0.4, -0.2) is 29.0 Å². The number of ether oxygens (including phenoxy) is 1. The van der Waals surface area contributed by atoms with Gasteiger partial charge in [-0.3, -0.25) is 25.8 Å². The highest BCUT2D eigenvalue weighted by Crippen LogP contribution is 2.24. The first-order chi connectivity index (χ1) is 16.0. The number of hydrogen-bond donors (Lipinski definition) is 3. The maximum atomic E-state index is 13.0. The Kier molecular flexibility index (Phi) is 6.56. The fraction of sp³-hybridized carbons (Fsp3) is 0.0400. The molecule has 33 heavy (non-hydrogen) atoms. The number of hydrazine groups is 1. The van der Waals surface area contributed by atoms with Crippen molar-refractivity contribution in [2.24, 2.45) is 0 Å². The van der Waals surface area contributed by atoms with Crippen LogP contribution in [0.5, 0.6) is 5.75 Å². The Hall–Kier alpha value is -4.30. The van der Waals surface area contributed by atoms with Crippen LogP contribution in [0.4, 0.5) is 0 Å². The van der Waals surface area contributed by atoms with Crippen molar-refractivity contribution in [2.45, 2.75) is 0 Å². The van der Waals surface area contributed by atoms with E-state index in [1.54, 1.807) is 37.4 Å². The second-order valence-corrected chi connectivity index (χ2v) is 7.44. The Labute approximate surface area is 195 Å². The van der Waals surface area contributed by atoms with Crippen LogP contribution < -0.4 is 20.9 Å². The summed E-state index contributed by atoms with van der Waals surface area (Å²) < 4.78 is 5.08. The van der Waals surface area contributed by atoms with E-state index < -0.39 is 11.8 Å². The highest BCUT2D eigenvalue weighted by Gasteiger charge is 2.15. The highest BCUT2D eigenvalue weighted by molar-refractivity contribution is 7.80. The number of nitrogens with one attached hydrogen (secondary N) is 3. The minimum atomic E-state index is -0.415. The van der Waals surface area contributed by atoms with Crippen molar-refractivity contribution < 1.29 is 14.3 Å². The molecule has 0 atom stereocenters. The van der Waals surface area contributed by atoms with Gasteiger partial charge in [-0.2, -0.15) is 0 Å². The van der Waals surface area contributed by atoms with Crippen LogP contribution in [0.1, 0.15) is 20.7 Å². The average Bonchev–Trinajstić information content (AvgIpc) is 2.87. The normalized spacial score (nSPS) is 10.3. The van der Waals surface area contributed by atoms with Gasteiger partial charge in [-0.1, -0.05) is 48.5 Å². The molecule has 8 heteroatoms. The summed E-state index contributed by atoms with van der Waals surface area (Å²) in [6.07, 6.45) is 0. The fourth-order valence-electron chi connectivity index (χ4n) is 3.25. The van der Waals surface area contributed by atoms with E-state index in [2.05, 4.69) is 21.2 Å². The van der Waals surface area contributed by atoms with Crippen molar-refractivity contribution in [1.29, 1.82) is 0 Å². The molecule has 164 valence electrons. The van der Waals surface area contributed by atoms with Crippen molar-refractivity contribution >= 4 is 40.0 Å². The zero-order valence-electron chi connectivity index (χ0n) is 17.7. The first kappa shape index (κ1) is 21.9. The van der Waals surface area contributed by atoms with Crippen molar-refractivity contribution in [3.05, 3.63) is 96.1 Å². The summed E-state index contributed by atoms with van der Waals surface area (Å²) in [6, 6.07) is 25.3. The van der Waals surface area contributed by atoms with Crippen LogP contribution in [0.15, 0.2) is 84.9 Å². The van der Waals surface area contributed by atoms with Crippen LogP contribution in [0.2, 0.25) is 0 Å². The lowest BCUT2D eigenvalue weighted by molar-refractivity contribution is 0.0935. The molecule has 0 aliphatic carbocycles. The number of carbonyl (C=O) groups is 2. The molecule has 0 aliphatic rings. The third-order valence-corrected chi connectivity index (χ3v) is 5.10. The number of rotatable bonds is 4. The lowest BCUT2D eigenvalue weighted by Gasteiger charge is -2.13. The molecule has 7 nitrogen and oxygen atoms in total. The number of thiocarbonyl (C=S) groups is 1. The molecule has 0 bridgehead atoms. The number of para-hydroxylation sites is 1. The van der Waals surface area contributed by atoms with Gasteiger partial charge in [0.1, 0.15) is 5.75 Å². The molecular formula is C25H20N4O3S. The first-order valence-corrected chi connectivity index (χ1v) is 10.5. The number of benzene rings is 3. The van der Waals surface area contributed by atoms with Crippen LogP contribution in [0.25, 0.3) is 22.2 Å². The highest BCUT2D eigenvalue weighted by atomic mass is 32.1. The van der Waals surface area contributed by atoms with Crippen LogP contribution in [-0.2, 0) is 0 Å². The molecule has 1 heterocycles. The number of aromatic nitrogens is 1. The third kappa shape index (κ3) is 5.13. The van der Waals surface area contributed by atoms with Gasteiger partial charge in [0.2, 0.25) is 0 Å². The summed E-state index contributed by atoms with van der Waals surface area (Å²) in [5.74, 6) is -0.182. The quantitative estimate of drug-likeness (QED) is 0.319. The number of nitrogens with zero attached hydrogens (tertiary/aromatic N) is 1. The molecule has 0 radical (unpaired) electrons. The topological polar surface area (TPSA) is 92.4 Å². The monoisotopic (exact) mass is 456 g/mol. The van der Waals surface area contributed by atoms with E-state index in [9.17, 15) is 9.59 Å². The molecular weight excluding hydrogens is 436 g/mol. The third-order valence-electron chi connectivity index (χ3n) is 4.90. The van der Waals surface area contributed by atoms with Gasteiger partial charge < -0.3 is 4.74 Å². The number of amides is 2. The Bertz CT molecular complexity index is 1320. The molecule has 4 rings (SSSR count). The zero-order valence-corrected chi connectivity index (χ0v) is 18.5. The second-order valence-electron chi connectivity index (χ2n) is 7.03. The Balaban J connectivity index is 1.49. The van der Waals surface area contributed by atoms with Gasteiger partial charge in [-0.15, -0.1) is 0 Å². The van der Waals surface area contributed by atoms with E-state index in [1.807, 2.05) is 54.6 Å². The fourth-order valence-corrected chi connectivity index (χ4v) is 3.39. The molecule has 0 unspecified atom stereocenters. The van der Waals surface area contributed by atoms with Crippen molar-refractivity contribution in [1.82, 2.24) is 21.2 Å². The standard InChI is InChI=1S/C25H20N4O3S/c1-32-18-13-11-17(12-14-18)23(30)28-29-25(33)27-24(31)20-15-22(16-7-3-2-4-8-16)26-21-10-6-5-9-19(20)21/h2-15H,1H3,(H,28,30)(H2,27,29,31,33). The van der Waals surface area contributed by atoms with E-state index in [-0.39, 0.29) is 5.11 Å². The summed E-state index contributed by atoms with van der Waals surface area (Å²) in [5, 5.41) is 3.27. The maximum absolute atomic E-state index is 13.0. The van der Waals surface area contributed by atoms with Crippen LogP contribution in [0.3, 0.4) is 0 Å². The molecule has 0 aliphatic heterocycles. The summed E-state index contributed by atoms with van der Waals surface area (Å²) in [7, 11) is 1.55. The smallest absolute Gasteiger partial charge is 0.269 e.